The molecule has 14 heavy (non-hydrogen) atoms. The zero-order valence-corrected chi connectivity index (χ0v) is 8.33. The maximum Gasteiger partial charge on any atom is 0.101 e. The number of aromatic amines is 1. The lowest BCUT2D eigenvalue weighted by Gasteiger charge is -2.01. The van der Waals surface area contributed by atoms with Gasteiger partial charge in [0.05, 0.1) is 11.1 Å². The Morgan fingerprint density at radius 1 is 1.36 bits per heavy atom. The van der Waals surface area contributed by atoms with Crippen molar-refractivity contribution in [1.29, 1.82) is 5.26 Å². The Kier molecular flexibility index (Phi) is 2.01. The second-order valence-corrected chi connectivity index (χ2v) is 3.74. The minimum absolute atomic E-state index is 0.484. The predicted octanol–water partition coefficient (Wildman–Crippen LogP) is 3.16. The largest absolute Gasteiger partial charge is 0.360 e. The monoisotopic (exact) mass is 184 g/mol. The summed E-state index contributed by atoms with van der Waals surface area (Å²) in [6, 6.07) is 8.02. The highest BCUT2D eigenvalue weighted by atomic mass is 14.7. The van der Waals surface area contributed by atoms with Crippen molar-refractivity contribution >= 4 is 10.9 Å². The molecule has 0 aliphatic carbocycles. The standard InChI is InChI=1S/C12H12N2/c1-8(2)11-7-14-12-9(6-13)4-3-5-10(11)12/h3-5,7-8,14H,1-2H3. The lowest BCUT2D eigenvalue weighted by Crippen LogP contribution is -1.83. The topological polar surface area (TPSA) is 39.6 Å². The van der Waals surface area contributed by atoms with Crippen LogP contribution in [0.4, 0.5) is 0 Å². The summed E-state index contributed by atoms with van der Waals surface area (Å²) in [6.07, 6.45) is 2.00. The highest BCUT2D eigenvalue weighted by molar-refractivity contribution is 5.88. The number of H-pyrrole nitrogens is 1. The highest BCUT2D eigenvalue weighted by Gasteiger charge is 2.08. The molecule has 1 N–H and O–H groups in total. The number of aromatic nitrogens is 1. The summed E-state index contributed by atoms with van der Waals surface area (Å²) < 4.78 is 0. The third-order valence-corrected chi connectivity index (χ3v) is 2.49. The summed E-state index contributed by atoms with van der Waals surface area (Å²) in [7, 11) is 0. The molecule has 0 fully saturated rings. The van der Waals surface area contributed by atoms with E-state index in [1.807, 2.05) is 18.3 Å². The molecular weight excluding hydrogens is 172 g/mol. The summed E-state index contributed by atoms with van der Waals surface area (Å²) in [4.78, 5) is 3.17. The molecule has 0 amide bonds. The van der Waals surface area contributed by atoms with Gasteiger partial charge in [-0.2, -0.15) is 5.26 Å². The molecule has 70 valence electrons. The zero-order valence-electron chi connectivity index (χ0n) is 8.33. The van der Waals surface area contributed by atoms with Crippen molar-refractivity contribution in [2.24, 2.45) is 0 Å². The molecule has 2 aromatic rings. The third kappa shape index (κ3) is 1.18. The summed E-state index contributed by atoms with van der Waals surface area (Å²) in [6.45, 7) is 4.31. The minimum Gasteiger partial charge on any atom is -0.360 e. The van der Waals surface area contributed by atoms with E-state index < -0.39 is 0 Å². The second-order valence-electron chi connectivity index (χ2n) is 3.74. The number of hydrogen-bond donors (Lipinski definition) is 1. The molecule has 1 aromatic heterocycles. The smallest absolute Gasteiger partial charge is 0.101 e. The molecule has 0 saturated carbocycles. The molecule has 0 aliphatic heterocycles. The lowest BCUT2D eigenvalue weighted by atomic mass is 10.0. The van der Waals surface area contributed by atoms with Crippen LogP contribution in [0.2, 0.25) is 0 Å². The fraction of sp³-hybridized carbons (Fsp3) is 0.250. The molecule has 1 aromatic carbocycles. The number of rotatable bonds is 1. The Bertz CT molecular complexity index is 501. The van der Waals surface area contributed by atoms with Crippen molar-refractivity contribution in [3.05, 3.63) is 35.5 Å². The van der Waals surface area contributed by atoms with E-state index in [-0.39, 0.29) is 0 Å². The molecule has 2 rings (SSSR count). The van der Waals surface area contributed by atoms with Crippen LogP contribution in [0.15, 0.2) is 24.4 Å². The Labute approximate surface area is 83.2 Å². The van der Waals surface area contributed by atoms with Gasteiger partial charge in [0.1, 0.15) is 6.07 Å². The number of nitrogens with one attached hydrogen (secondary N) is 1. The fourth-order valence-corrected chi connectivity index (χ4v) is 1.75. The molecule has 0 bridgehead atoms. The molecule has 0 unspecified atom stereocenters. The van der Waals surface area contributed by atoms with Crippen molar-refractivity contribution in [3.63, 3.8) is 0 Å². The van der Waals surface area contributed by atoms with Gasteiger partial charge in [0.2, 0.25) is 0 Å². The molecule has 0 radical (unpaired) electrons. The fourth-order valence-electron chi connectivity index (χ4n) is 1.75. The zero-order chi connectivity index (χ0) is 10.1. The van der Waals surface area contributed by atoms with Gasteiger partial charge < -0.3 is 4.98 Å². The average Bonchev–Trinajstić information content (AvgIpc) is 2.60. The van der Waals surface area contributed by atoms with E-state index in [0.717, 1.165) is 11.1 Å². The Balaban J connectivity index is 2.77. The van der Waals surface area contributed by atoms with Crippen LogP contribution in [0.3, 0.4) is 0 Å². The van der Waals surface area contributed by atoms with Gasteiger partial charge in [0.15, 0.2) is 0 Å². The van der Waals surface area contributed by atoms with Gasteiger partial charge in [-0.1, -0.05) is 26.0 Å². The van der Waals surface area contributed by atoms with Crippen LogP contribution in [-0.2, 0) is 0 Å². The molecule has 0 aliphatic rings. The first-order chi connectivity index (χ1) is 6.74. The molecular formula is C12H12N2. The molecule has 1 heterocycles. The average molecular weight is 184 g/mol. The number of benzene rings is 1. The van der Waals surface area contributed by atoms with Crippen molar-refractivity contribution in [1.82, 2.24) is 4.98 Å². The van der Waals surface area contributed by atoms with E-state index in [1.165, 1.54) is 10.9 Å². The van der Waals surface area contributed by atoms with Crippen LogP contribution in [0.25, 0.3) is 10.9 Å². The minimum atomic E-state index is 0.484. The number of nitriles is 1. The van der Waals surface area contributed by atoms with Crippen LogP contribution >= 0.6 is 0 Å². The molecule has 0 saturated heterocycles. The maximum absolute atomic E-state index is 8.91. The van der Waals surface area contributed by atoms with Gasteiger partial charge in [-0.25, -0.2) is 0 Å². The first-order valence-corrected chi connectivity index (χ1v) is 4.74. The van der Waals surface area contributed by atoms with Gasteiger partial charge >= 0.3 is 0 Å². The number of nitrogens with zero attached hydrogens (tertiary/aromatic N) is 1. The third-order valence-electron chi connectivity index (χ3n) is 2.49. The van der Waals surface area contributed by atoms with Crippen LogP contribution in [-0.4, -0.2) is 4.98 Å². The van der Waals surface area contributed by atoms with E-state index in [0.29, 0.717) is 5.92 Å². The Hall–Kier alpha value is -1.75. The van der Waals surface area contributed by atoms with E-state index >= 15 is 0 Å². The summed E-state index contributed by atoms with van der Waals surface area (Å²) in [5, 5.41) is 10.1. The van der Waals surface area contributed by atoms with Gasteiger partial charge in [-0.3, -0.25) is 0 Å². The summed E-state index contributed by atoms with van der Waals surface area (Å²) in [5.74, 6) is 0.484. The van der Waals surface area contributed by atoms with Gasteiger partial charge in [0.25, 0.3) is 0 Å². The van der Waals surface area contributed by atoms with Gasteiger partial charge in [-0.15, -0.1) is 0 Å². The Morgan fingerprint density at radius 2 is 2.14 bits per heavy atom. The number of para-hydroxylation sites is 1. The van der Waals surface area contributed by atoms with Gasteiger partial charge in [0, 0.05) is 11.6 Å². The van der Waals surface area contributed by atoms with E-state index in [1.54, 1.807) is 0 Å². The SMILES string of the molecule is CC(C)c1c[nH]c2c(C#N)cccc12. The number of hydrogen-bond acceptors (Lipinski definition) is 1. The van der Waals surface area contributed by atoms with Crippen LogP contribution in [0.1, 0.15) is 30.9 Å². The second kappa shape index (κ2) is 3.19. The number of fused-ring (bicyclic) bond motifs is 1. The quantitative estimate of drug-likeness (QED) is 0.726. The van der Waals surface area contributed by atoms with Gasteiger partial charge in [-0.05, 0) is 17.5 Å². The van der Waals surface area contributed by atoms with Crippen LogP contribution < -0.4 is 0 Å². The first kappa shape index (κ1) is 8.83. The van der Waals surface area contributed by atoms with E-state index in [9.17, 15) is 0 Å². The molecule has 0 atom stereocenters. The Morgan fingerprint density at radius 3 is 2.79 bits per heavy atom. The molecule has 2 nitrogen and oxygen atoms in total. The lowest BCUT2D eigenvalue weighted by molar-refractivity contribution is 0.875. The normalized spacial score (nSPS) is 10.7. The van der Waals surface area contributed by atoms with Crippen molar-refractivity contribution in [2.45, 2.75) is 19.8 Å². The van der Waals surface area contributed by atoms with Crippen LogP contribution in [0, 0.1) is 11.3 Å². The highest BCUT2D eigenvalue weighted by Crippen LogP contribution is 2.26. The van der Waals surface area contributed by atoms with Crippen LogP contribution in [0.5, 0.6) is 0 Å². The predicted molar refractivity (Wildman–Crippen MR) is 57.1 cm³/mol. The molecule has 2 heteroatoms. The molecule has 0 spiro atoms. The maximum atomic E-state index is 8.91. The summed E-state index contributed by atoms with van der Waals surface area (Å²) in [5.41, 5.74) is 2.95. The van der Waals surface area contributed by atoms with E-state index in [2.05, 4.69) is 31.0 Å². The summed E-state index contributed by atoms with van der Waals surface area (Å²) >= 11 is 0. The van der Waals surface area contributed by atoms with E-state index in [4.69, 9.17) is 5.26 Å². The van der Waals surface area contributed by atoms with Crippen molar-refractivity contribution < 1.29 is 0 Å². The first-order valence-electron chi connectivity index (χ1n) is 4.74. The van der Waals surface area contributed by atoms with Crippen molar-refractivity contribution in [2.75, 3.05) is 0 Å². The van der Waals surface area contributed by atoms with Crippen molar-refractivity contribution in [3.8, 4) is 6.07 Å².